The number of aliphatic hydroxyl groups is 1. The van der Waals surface area contributed by atoms with E-state index >= 15 is 0 Å². The van der Waals surface area contributed by atoms with Gasteiger partial charge in [-0.2, -0.15) is 0 Å². The van der Waals surface area contributed by atoms with E-state index in [1.807, 2.05) is 32.8 Å². The Morgan fingerprint density at radius 1 is 1.03 bits per heavy atom. The van der Waals surface area contributed by atoms with Crippen molar-refractivity contribution in [2.24, 2.45) is 11.8 Å². The van der Waals surface area contributed by atoms with Gasteiger partial charge < -0.3 is 24.8 Å². The maximum Gasteiger partial charge on any atom is 0.410 e. The van der Waals surface area contributed by atoms with Gasteiger partial charge in [0, 0.05) is 52.0 Å². The molecule has 8 nitrogen and oxygen atoms in total. The molecule has 3 saturated heterocycles. The molecule has 8 heteroatoms. The standard InChI is InChI=1S/C28H52N4O4/c1-28(2,3)36-27(34)32-14-6-9-22(20-32)23(12-19-33)30-15-7-16-31(18-17-30)26-24(35-4)11-10-21-8-5-13-29-25(21)26/h21-26,29,33H,5-20H2,1-4H3. The van der Waals surface area contributed by atoms with E-state index in [4.69, 9.17) is 9.47 Å². The van der Waals surface area contributed by atoms with Gasteiger partial charge in [-0.1, -0.05) is 0 Å². The van der Waals surface area contributed by atoms with Gasteiger partial charge >= 0.3 is 6.09 Å². The number of rotatable bonds is 6. The van der Waals surface area contributed by atoms with Crippen molar-refractivity contribution in [3.05, 3.63) is 0 Å². The zero-order chi connectivity index (χ0) is 25.7. The SMILES string of the molecule is COC1CCC2CCCNC2C1N1CCCN(C(CCO)C2CCCN(C(=O)OC(C)(C)C)C2)CC1. The first-order chi connectivity index (χ1) is 17.3. The number of nitrogens with one attached hydrogen (secondary N) is 1. The molecule has 0 aromatic heterocycles. The van der Waals surface area contributed by atoms with Crippen LogP contribution < -0.4 is 5.32 Å². The van der Waals surface area contributed by atoms with Crippen LogP contribution in [-0.2, 0) is 9.47 Å². The topological polar surface area (TPSA) is 77.5 Å². The first kappa shape index (κ1) is 28.1. The highest BCUT2D eigenvalue weighted by atomic mass is 16.6. The molecule has 0 spiro atoms. The molecule has 4 aliphatic rings. The van der Waals surface area contributed by atoms with E-state index in [0.717, 1.165) is 77.4 Å². The van der Waals surface area contributed by atoms with Gasteiger partial charge in [-0.25, -0.2) is 4.79 Å². The third-order valence-electron chi connectivity index (χ3n) is 9.05. The summed E-state index contributed by atoms with van der Waals surface area (Å²) in [5.74, 6) is 1.15. The van der Waals surface area contributed by atoms with Crippen molar-refractivity contribution < 1.29 is 19.4 Å². The van der Waals surface area contributed by atoms with E-state index in [1.54, 1.807) is 0 Å². The monoisotopic (exact) mass is 508 g/mol. The summed E-state index contributed by atoms with van der Waals surface area (Å²) in [6.07, 6.45) is 9.19. The summed E-state index contributed by atoms with van der Waals surface area (Å²) in [6, 6.07) is 1.28. The van der Waals surface area contributed by atoms with Crippen LogP contribution in [0, 0.1) is 11.8 Å². The van der Waals surface area contributed by atoms with Gasteiger partial charge in [0.05, 0.1) is 12.1 Å². The molecule has 0 aromatic rings. The van der Waals surface area contributed by atoms with Gasteiger partial charge in [-0.15, -0.1) is 0 Å². The number of hydrogen-bond donors (Lipinski definition) is 2. The predicted octanol–water partition coefficient (Wildman–Crippen LogP) is 2.94. The molecular weight excluding hydrogens is 456 g/mol. The summed E-state index contributed by atoms with van der Waals surface area (Å²) in [5, 5.41) is 13.9. The molecule has 1 aliphatic carbocycles. The fourth-order valence-corrected chi connectivity index (χ4v) is 7.45. The molecule has 2 N–H and O–H groups in total. The summed E-state index contributed by atoms with van der Waals surface area (Å²) >= 11 is 0. The third kappa shape index (κ3) is 6.93. The number of ether oxygens (including phenoxy) is 2. The van der Waals surface area contributed by atoms with Crippen molar-refractivity contribution in [3.63, 3.8) is 0 Å². The van der Waals surface area contributed by atoms with Gasteiger partial charge in [-0.3, -0.25) is 9.80 Å². The molecule has 0 radical (unpaired) electrons. The van der Waals surface area contributed by atoms with Crippen molar-refractivity contribution >= 4 is 6.09 Å². The number of methoxy groups -OCH3 is 1. The predicted molar refractivity (Wildman–Crippen MR) is 142 cm³/mol. The van der Waals surface area contributed by atoms with Crippen molar-refractivity contribution in [2.45, 2.75) is 102 Å². The van der Waals surface area contributed by atoms with Crippen LogP contribution in [0.1, 0.15) is 72.1 Å². The van der Waals surface area contributed by atoms with Crippen molar-refractivity contribution in [1.29, 1.82) is 0 Å². The number of aliphatic hydroxyl groups excluding tert-OH is 1. The van der Waals surface area contributed by atoms with Crippen molar-refractivity contribution in [1.82, 2.24) is 20.0 Å². The van der Waals surface area contributed by atoms with Crippen LogP contribution in [0.3, 0.4) is 0 Å². The second-order valence-corrected chi connectivity index (χ2v) is 12.6. The Morgan fingerprint density at radius 2 is 1.86 bits per heavy atom. The molecule has 6 atom stereocenters. The molecule has 0 bridgehead atoms. The lowest BCUT2D eigenvalue weighted by Crippen LogP contribution is -2.63. The molecule has 3 aliphatic heterocycles. The normalized spacial score (nSPS) is 34.0. The smallest absolute Gasteiger partial charge is 0.410 e. The minimum Gasteiger partial charge on any atom is -0.444 e. The highest BCUT2D eigenvalue weighted by molar-refractivity contribution is 5.68. The van der Waals surface area contributed by atoms with E-state index in [-0.39, 0.29) is 12.7 Å². The van der Waals surface area contributed by atoms with E-state index in [0.29, 0.717) is 30.1 Å². The van der Waals surface area contributed by atoms with Gasteiger partial charge in [0.25, 0.3) is 0 Å². The Balaban J connectivity index is 1.41. The van der Waals surface area contributed by atoms with Crippen molar-refractivity contribution in [2.75, 3.05) is 59.5 Å². The second kappa shape index (κ2) is 12.7. The van der Waals surface area contributed by atoms with Crippen LogP contribution in [0.4, 0.5) is 4.79 Å². The largest absolute Gasteiger partial charge is 0.444 e. The number of carbonyl (C=O) groups is 1. The fourth-order valence-electron chi connectivity index (χ4n) is 7.45. The highest BCUT2D eigenvalue weighted by Gasteiger charge is 2.44. The Labute approximate surface area is 219 Å². The van der Waals surface area contributed by atoms with Gasteiger partial charge in [0.15, 0.2) is 0 Å². The number of likely N-dealkylation sites (tertiary alicyclic amines) is 1. The molecule has 0 aromatic carbocycles. The zero-order valence-corrected chi connectivity index (χ0v) is 23.3. The Kier molecular flexibility index (Phi) is 9.94. The summed E-state index contributed by atoms with van der Waals surface area (Å²) in [5.41, 5.74) is -0.478. The minimum atomic E-state index is -0.478. The van der Waals surface area contributed by atoms with E-state index in [9.17, 15) is 9.90 Å². The van der Waals surface area contributed by atoms with Gasteiger partial charge in [0.2, 0.25) is 0 Å². The van der Waals surface area contributed by atoms with Crippen molar-refractivity contribution in [3.8, 4) is 0 Å². The molecule has 1 amide bonds. The van der Waals surface area contributed by atoms with Crippen LogP contribution in [0.5, 0.6) is 0 Å². The molecule has 3 heterocycles. The van der Waals surface area contributed by atoms with Gasteiger partial charge in [-0.05, 0) is 104 Å². The number of piperidine rings is 2. The summed E-state index contributed by atoms with van der Waals surface area (Å²) in [7, 11) is 1.89. The average Bonchev–Trinajstić information content (AvgIpc) is 3.11. The molecule has 36 heavy (non-hydrogen) atoms. The fraction of sp³-hybridized carbons (Fsp3) is 0.964. The number of amides is 1. The lowest BCUT2D eigenvalue weighted by molar-refractivity contribution is -0.0495. The Bertz CT molecular complexity index is 702. The highest BCUT2D eigenvalue weighted by Crippen LogP contribution is 2.36. The average molecular weight is 509 g/mol. The van der Waals surface area contributed by atoms with E-state index in [2.05, 4.69) is 15.1 Å². The summed E-state index contributed by atoms with van der Waals surface area (Å²) in [6.45, 7) is 12.8. The quantitative estimate of drug-likeness (QED) is 0.571. The van der Waals surface area contributed by atoms with E-state index < -0.39 is 5.60 Å². The Hall–Kier alpha value is -0.930. The maximum atomic E-state index is 12.8. The molecule has 6 unspecified atom stereocenters. The van der Waals surface area contributed by atoms with Crippen LogP contribution in [0.25, 0.3) is 0 Å². The summed E-state index contributed by atoms with van der Waals surface area (Å²) < 4.78 is 11.7. The number of nitrogens with zero attached hydrogens (tertiary/aromatic N) is 3. The molecule has 208 valence electrons. The first-order valence-corrected chi connectivity index (χ1v) is 14.6. The second-order valence-electron chi connectivity index (χ2n) is 12.6. The number of carbonyl (C=O) groups excluding carboxylic acids is 1. The molecule has 4 rings (SSSR count). The number of fused-ring (bicyclic) bond motifs is 1. The maximum absolute atomic E-state index is 12.8. The van der Waals surface area contributed by atoms with Gasteiger partial charge in [0.1, 0.15) is 5.60 Å². The molecular formula is C28H52N4O4. The van der Waals surface area contributed by atoms with Crippen LogP contribution in [0.2, 0.25) is 0 Å². The third-order valence-corrected chi connectivity index (χ3v) is 9.05. The molecule has 1 saturated carbocycles. The lowest BCUT2D eigenvalue weighted by Gasteiger charge is -2.49. The Morgan fingerprint density at radius 3 is 2.61 bits per heavy atom. The summed E-state index contributed by atoms with van der Waals surface area (Å²) in [4.78, 5) is 20.0. The van der Waals surface area contributed by atoms with Crippen LogP contribution >= 0.6 is 0 Å². The first-order valence-electron chi connectivity index (χ1n) is 14.6. The number of hydrogen-bond acceptors (Lipinski definition) is 7. The molecule has 4 fully saturated rings. The van der Waals surface area contributed by atoms with Crippen LogP contribution in [-0.4, -0.2) is 115 Å². The zero-order valence-electron chi connectivity index (χ0n) is 23.3. The lowest BCUT2D eigenvalue weighted by atomic mass is 9.74. The minimum absolute atomic E-state index is 0.190. The van der Waals surface area contributed by atoms with E-state index in [1.165, 1.54) is 25.7 Å². The van der Waals surface area contributed by atoms with Crippen LogP contribution in [0.15, 0.2) is 0 Å².